The van der Waals surface area contributed by atoms with Gasteiger partial charge in [0, 0.05) is 6.20 Å². The molecule has 0 aromatic carbocycles. The molecule has 9 nitrogen and oxygen atoms in total. The summed E-state index contributed by atoms with van der Waals surface area (Å²) >= 11 is 0. The van der Waals surface area contributed by atoms with Crippen LogP contribution in [0.1, 0.15) is 13.8 Å². The lowest BCUT2D eigenvalue weighted by molar-refractivity contribution is -0.143. The van der Waals surface area contributed by atoms with Crippen LogP contribution >= 0.6 is 0 Å². The summed E-state index contributed by atoms with van der Waals surface area (Å²) in [5.41, 5.74) is 0.376. The van der Waals surface area contributed by atoms with Crippen LogP contribution in [0.15, 0.2) is 45.8 Å². The predicted octanol–water partition coefficient (Wildman–Crippen LogP) is 0.777. The second-order valence-corrected chi connectivity index (χ2v) is 5.99. The first-order valence-electron chi connectivity index (χ1n) is 8.21. The maximum absolute atomic E-state index is 12.6. The van der Waals surface area contributed by atoms with Crippen molar-refractivity contribution >= 4 is 23.9 Å². The summed E-state index contributed by atoms with van der Waals surface area (Å²) in [5.74, 6) is -3.72. The SMILES string of the molecule is COC(=O)C1=C(C(=O)OC)C2C=C(C)C(C)=CN2C(C(=O)OC)=C1C(=O)OC. The summed E-state index contributed by atoms with van der Waals surface area (Å²) < 4.78 is 19.2. The first-order valence-corrected chi connectivity index (χ1v) is 8.21. The second kappa shape index (κ2) is 8.12. The molecule has 150 valence electrons. The van der Waals surface area contributed by atoms with E-state index in [1.165, 1.54) is 4.90 Å². The molecule has 0 aromatic rings. The normalized spacial score (nSPS) is 18.6. The summed E-state index contributed by atoms with van der Waals surface area (Å²) in [6.07, 6.45) is 3.27. The van der Waals surface area contributed by atoms with E-state index in [0.29, 0.717) is 0 Å². The number of rotatable bonds is 4. The van der Waals surface area contributed by atoms with E-state index in [-0.39, 0.29) is 11.3 Å². The highest BCUT2D eigenvalue weighted by atomic mass is 16.5. The third kappa shape index (κ3) is 3.30. The summed E-state index contributed by atoms with van der Waals surface area (Å²) in [7, 11) is 4.46. The van der Waals surface area contributed by atoms with Crippen molar-refractivity contribution in [3.8, 4) is 0 Å². The van der Waals surface area contributed by atoms with Crippen molar-refractivity contribution < 1.29 is 38.1 Å². The highest BCUT2D eigenvalue weighted by molar-refractivity contribution is 6.16. The van der Waals surface area contributed by atoms with E-state index < -0.39 is 41.1 Å². The summed E-state index contributed by atoms with van der Waals surface area (Å²) in [5, 5.41) is 0. The molecule has 2 aliphatic rings. The number of ether oxygens (including phenoxy) is 4. The zero-order valence-corrected chi connectivity index (χ0v) is 16.4. The van der Waals surface area contributed by atoms with Crippen LogP contribution in [0.4, 0.5) is 0 Å². The van der Waals surface area contributed by atoms with Gasteiger partial charge in [-0.05, 0) is 25.0 Å². The first kappa shape index (κ1) is 20.9. The minimum atomic E-state index is -1.00. The van der Waals surface area contributed by atoms with Crippen molar-refractivity contribution in [3.63, 3.8) is 0 Å². The largest absolute Gasteiger partial charge is 0.466 e. The first-order chi connectivity index (χ1) is 13.2. The van der Waals surface area contributed by atoms with Crippen molar-refractivity contribution in [1.29, 1.82) is 0 Å². The molecule has 0 amide bonds. The van der Waals surface area contributed by atoms with Crippen molar-refractivity contribution in [1.82, 2.24) is 4.90 Å². The lowest BCUT2D eigenvalue weighted by atomic mass is 9.84. The van der Waals surface area contributed by atoms with Crippen LogP contribution < -0.4 is 0 Å². The molecule has 0 saturated heterocycles. The summed E-state index contributed by atoms with van der Waals surface area (Å²) in [6.45, 7) is 3.61. The van der Waals surface area contributed by atoms with E-state index in [2.05, 4.69) is 0 Å². The van der Waals surface area contributed by atoms with Crippen LogP contribution in [0.3, 0.4) is 0 Å². The lowest BCUT2D eigenvalue weighted by Crippen LogP contribution is -2.45. The van der Waals surface area contributed by atoms with Crippen molar-refractivity contribution in [2.45, 2.75) is 19.9 Å². The maximum atomic E-state index is 12.6. The Morgan fingerprint density at radius 2 is 1.25 bits per heavy atom. The van der Waals surface area contributed by atoms with Gasteiger partial charge in [0.2, 0.25) is 0 Å². The third-order valence-electron chi connectivity index (χ3n) is 4.54. The standard InChI is InChI=1S/C19H21NO8/c1-9-7-11-12(16(21)25-3)13(17(22)26-4)14(18(23)27-5)15(19(24)28-6)20(11)8-10(9)2/h7-8,11H,1-6H3. The van der Waals surface area contributed by atoms with Crippen LogP contribution in [0.25, 0.3) is 0 Å². The Morgan fingerprint density at radius 1 is 0.750 bits per heavy atom. The molecule has 0 bridgehead atoms. The molecule has 9 heteroatoms. The van der Waals surface area contributed by atoms with E-state index in [4.69, 9.17) is 18.9 Å². The molecular formula is C19H21NO8. The van der Waals surface area contributed by atoms with Gasteiger partial charge in [-0.25, -0.2) is 19.2 Å². The highest BCUT2D eigenvalue weighted by Crippen LogP contribution is 2.39. The minimum absolute atomic E-state index is 0.148. The molecule has 1 atom stereocenters. The molecule has 0 spiro atoms. The van der Waals surface area contributed by atoms with Gasteiger partial charge in [-0.1, -0.05) is 6.08 Å². The predicted molar refractivity (Wildman–Crippen MR) is 95.3 cm³/mol. The molecule has 2 rings (SSSR count). The zero-order valence-electron chi connectivity index (χ0n) is 16.4. The fourth-order valence-electron chi connectivity index (χ4n) is 3.05. The molecule has 28 heavy (non-hydrogen) atoms. The summed E-state index contributed by atoms with van der Waals surface area (Å²) in [6, 6.07) is -0.882. The molecular weight excluding hydrogens is 370 g/mol. The Labute approximate surface area is 161 Å². The van der Waals surface area contributed by atoms with Gasteiger partial charge in [-0.2, -0.15) is 0 Å². The van der Waals surface area contributed by atoms with Gasteiger partial charge >= 0.3 is 23.9 Å². The van der Waals surface area contributed by atoms with E-state index in [9.17, 15) is 19.2 Å². The molecule has 0 aromatic heterocycles. The number of nitrogens with zero attached hydrogens (tertiary/aromatic N) is 1. The van der Waals surface area contributed by atoms with E-state index in [0.717, 1.165) is 39.6 Å². The fraction of sp³-hybridized carbons (Fsp3) is 0.368. The Morgan fingerprint density at radius 3 is 1.75 bits per heavy atom. The molecule has 0 aliphatic carbocycles. The smallest absolute Gasteiger partial charge is 0.355 e. The fourth-order valence-corrected chi connectivity index (χ4v) is 3.05. The second-order valence-electron chi connectivity index (χ2n) is 5.99. The van der Waals surface area contributed by atoms with E-state index >= 15 is 0 Å². The molecule has 0 fully saturated rings. The van der Waals surface area contributed by atoms with Crippen molar-refractivity contribution in [2.75, 3.05) is 28.4 Å². The van der Waals surface area contributed by atoms with Gasteiger partial charge in [-0.15, -0.1) is 0 Å². The molecule has 1 unspecified atom stereocenters. The number of fused-ring (bicyclic) bond motifs is 1. The van der Waals surface area contributed by atoms with Crippen LogP contribution in [0.2, 0.25) is 0 Å². The maximum Gasteiger partial charge on any atom is 0.355 e. The molecule has 2 aliphatic heterocycles. The zero-order chi connectivity index (χ0) is 21.2. The highest BCUT2D eigenvalue weighted by Gasteiger charge is 2.46. The Balaban J connectivity index is 3.01. The Kier molecular flexibility index (Phi) is 6.07. The molecule has 0 N–H and O–H groups in total. The minimum Gasteiger partial charge on any atom is -0.466 e. The lowest BCUT2D eigenvalue weighted by Gasteiger charge is -2.39. The molecule has 2 heterocycles. The Bertz CT molecular complexity index is 802. The number of methoxy groups -OCH3 is 4. The number of esters is 4. The van der Waals surface area contributed by atoms with Gasteiger partial charge in [0.1, 0.15) is 11.3 Å². The quantitative estimate of drug-likeness (QED) is 0.507. The number of hydrogen-bond acceptors (Lipinski definition) is 9. The van der Waals surface area contributed by atoms with Gasteiger partial charge < -0.3 is 23.8 Å². The average Bonchev–Trinajstić information content (AvgIpc) is 2.70. The third-order valence-corrected chi connectivity index (χ3v) is 4.54. The monoisotopic (exact) mass is 391 g/mol. The average molecular weight is 391 g/mol. The van der Waals surface area contributed by atoms with Crippen LogP contribution in [0.5, 0.6) is 0 Å². The van der Waals surface area contributed by atoms with Crippen LogP contribution in [-0.2, 0) is 38.1 Å². The topological polar surface area (TPSA) is 108 Å². The van der Waals surface area contributed by atoms with Gasteiger partial charge in [0.25, 0.3) is 0 Å². The molecule has 0 radical (unpaired) electrons. The Hall–Kier alpha value is -3.36. The number of hydrogen-bond donors (Lipinski definition) is 0. The molecule has 0 saturated carbocycles. The number of carbonyl (C=O) groups excluding carboxylic acids is 4. The van der Waals surface area contributed by atoms with Crippen molar-refractivity contribution in [2.24, 2.45) is 0 Å². The number of carbonyl (C=O) groups is 4. The number of allylic oxidation sites excluding steroid dienone is 2. The van der Waals surface area contributed by atoms with E-state index in [1.807, 2.05) is 6.92 Å². The van der Waals surface area contributed by atoms with E-state index in [1.54, 1.807) is 19.2 Å². The summed E-state index contributed by atoms with van der Waals surface area (Å²) in [4.78, 5) is 51.7. The van der Waals surface area contributed by atoms with Crippen LogP contribution in [-0.4, -0.2) is 63.3 Å². The van der Waals surface area contributed by atoms with Crippen molar-refractivity contribution in [3.05, 3.63) is 45.8 Å². The van der Waals surface area contributed by atoms with Gasteiger partial charge in [0.05, 0.1) is 45.6 Å². The van der Waals surface area contributed by atoms with Gasteiger partial charge in [-0.3, -0.25) is 0 Å². The van der Waals surface area contributed by atoms with Gasteiger partial charge in [0.15, 0.2) is 0 Å². The van der Waals surface area contributed by atoms with Crippen LogP contribution in [0, 0.1) is 0 Å².